The lowest BCUT2D eigenvalue weighted by Crippen LogP contribution is -2.46. The van der Waals surface area contributed by atoms with Crippen molar-refractivity contribution < 1.29 is 46.3 Å². The van der Waals surface area contributed by atoms with Crippen LogP contribution in [0.3, 0.4) is 0 Å². The van der Waals surface area contributed by atoms with E-state index in [1.165, 1.54) is 22.6 Å². The zero-order valence-corrected chi connectivity index (χ0v) is 41.9. The summed E-state index contributed by atoms with van der Waals surface area (Å²) in [6.07, 6.45) is 4.25. The quantitative estimate of drug-likeness (QED) is 0.181. The van der Waals surface area contributed by atoms with Crippen molar-refractivity contribution in [1.82, 2.24) is 20.4 Å². The molecule has 0 radical (unpaired) electrons. The van der Waals surface area contributed by atoms with Crippen molar-refractivity contribution >= 4 is 82.4 Å². The number of fused-ring (bicyclic) bond motifs is 2. The van der Waals surface area contributed by atoms with Gasteiger partial charge in [0.15, 0.2) is 0 Å². The first kappa shape index (κ1) is 55.4. The molecule has 4 aliphatic rings. The molecule has 0 spiro atoms. The highest BCUT2D eigenvalue weighted by Crippen LogP contribution is 2.46. The number of benzene rings is 2. The molecule has 12 nitrogen and oxygen atoms in total. The van der Waals surface area contributed by atoms with Gasteiger partial charge in [0.25, 0.3) is 23.6 Å². The maximum absolute atomic E-state index is 13.6. The number of nitrogens with zero attached hydrogens (tertiary/aromatic N) is 4. The van der Waals surface area contributed by atoms with Crippen LogP contribution in [0.5, 0.6) is 0 Å². The minimum Gasteiger partial charge on any atom is -0.349 e. The maximum Gasteiger partial charge on any atom is 0.315 e. The summed E-state index contributed by atoms with van der Waals surface area (Å²) in [5.74, 6) is -3.59. The Hall–Kier alpha value is -4.15. The topological polar surface area (TPSA) is 139 Å². The Morgan fingerprint density at radius 3 is 1.21 bits per heavy atom. The third-order valence-electron chi connectivity index (χ3n) is 13.3. The van der Waals surface area contributed by atoms with Crippen molar-refractivity contribution in [2.24, 2.45) is 0 Å². The molecule has 6 amide bonds. The average molecular weight is 1000 g/mol. The molecule has 2 N–H and O–H groups in total. The van der Waals surface area contributed by atoms with Crippen LogP contribution >= 0.6 is 35.6 Å². The van der Waals surface area contributed by atoms with E-state index in [9.17, 15) is 46.3 Å². The summed E-state index contributed by atoms with van der Waals surface area (Å²) in [6.45, 7) is 14.7. The second-order valence-electron chi connectivity index (χ2n) is 19.2. The highest BCUT2D eigenvalue weighted by atomic mass is 35.5. The molecule has 2 fully saturated rings. The predicted molar refractivity (Wildman–Crippen MR) is 255 cm³/mol. The lowest BCUT2D eigenvalue weighted by atomic mass is 9.85. The fourth-order valence-corrected chi connectivity index (χ4v) is 10.3. The van der Waals surface area contributed by atoms with E-state index in [1.807, 2.05) is 37.5 Å². The minimum atomic E-state index is -3.12. The molecule has 0 bridgehead atoms. The van der Waals surface area contributed by atoms with Crippen LogP contribution in [-0.2, 0) is 30.0 Å². The lowest BCUT2D eigenvalue weighted by Gasteiger charge is -2.37. The molecule has 0 unspecified atom stereocenters. The van der Waals surface area contributed by atoms with E-state index in [0.717, 1.165) is 51.4 Å². The average Bonchev–Trinajstić information content (AvgIpc) is 3.55. The summed E-state index contributed by atoms with van der Waals surface area (Å²) in [6, 6.07) is 6.88. The molecule has 2 saturated carbocycles. The van der Waals surface area contributed by atoms with Gasteiger partial charge in [-0.15, -0.1) is 12.4 Å². The molecule has 0 saturated heterocycles. The first-order chi connectivity index (χ1) is 30.9. The molecule has 0 aromatic heterocycles. The summed E-state index contributed by atoms with van der Waals surface area (Å²) < 4.78 is 50.0. The van der Waals surface area contributed by atoms with E-state index in [-0.39, 0.29) is 96.4 Å². The van der Waals surface area contributed by atoms with Crippen molar-refractivity contribution in [1.29, 1.82) is 0 Å². The van der Waals surface area contributed by atoms with E-state index in [1.54, 1.807) is 52.0 Å². The van der Waals surface area contributed by atoms with Crippen LogP contribution in [0.15, 0.2) is 24.3 Å². The van der Waals surface area contributed by atoms with Crippen LogP contribution < -0.4 is 20.4 Å². The number of amides is 6. The van der Waals surface area contributed by atoms with E-state index in [2.05, 4.69) is 10.6 Å². The van der Waals surface area contributed by atoms with Crippen LogP contribution in [0, 0.1) is 0 Å². The Morgan fingerprint density at radius 1 is 0.612 bits per heavy atom. The van der Waals surface area contributed by atoms with Crippen molar-refractivity contribution in [3.63, 3.8) is 0 Å². The zero-order chi connectivity index (χ0) is 49.0. The first-order valence-electron chi connectivity index (χ1n) is 23.0. The van der Waals surface area contributed by atoms with Gasteiger partial charge in [0.05, 0.1) is 32.0 Å². The van der Waals surface area contributed by atoms with Crippen LogP contribution in [0.4, 0.5) is 28.9 Å². The molecule has 6 rings (SSSR count). The number of anilines is 2. The highest BCUT2D eigenvalue weighted by Gasteiger charge is 2.46. The van der Waals surface area contributed by atoms with Crippen molar-refractivity contribution in [2.75, 3.05) is 36.0 Å². The van der Waals surface area contributed by atoms with Crippen molar-refractivity contribution in [3.05, 3.63) is 56.6 Å². The molecule has 67 heavy (non-hydrogen) atoms. The van der Waals surface area contributed by atoms with Gasteiger partial charge in [-0.05, 0) is 116 Å². The monoisotopic (exact) mass is 1000 g/mol. The van der Waals surface area contributed by atoms with Crippen LogP contribution in [0.1, 0.15) is 151 Å². The van der Waals surface area contributed by atoms with E-state index >= 15 is 0 Å². The highest BCUT2D eigenvalue weighted by molar-refractivity contribution is 6.35. The van der Waals surface area contributed by atoms with E-state index < -0.39 is 35.5 Å². The van der Waals surface area contributed by atoms with Gasteiger partial charge in [0.2, 0.25) is 11.8 Å². The first-order valence-corrected chi connectivity index (χ1v) is 23.8. The SMILES string of the molecule is CC(C)N(C(=O)c1cc2c(cc1Cl)C(C)(C)C(=O)N2CCNC(=O)C(F)F)C1CCCCC1.CC(C)N(C(=O)c1cc2c(cc1Cl)C(C)(C)C(=O)N2CCNC(=O)C(F)F)C1CCCCC1.Cl. The van der Waals surface area contributed by atoms with Gasteiger partial charge in [0, 0.05) is 61.7 Å². The number of rotatable bonds is 14. The third kappa shape index (κ3) is 12.0. The Bertz CT molecular complexity index is 2010. The zero-order valence-electron chi connectivity index (χ0n) is 39.6. The molecule has 372 valence electrons. The van der Waals surface area contributed by atoms with Gasteiger partial charge in [-0.2, -0.15) is 17.6 Å². The molecular weight excluding hydrogens is 939 g/mol. The van der Waals surface area contributed by atoms with Gasteiger partial charge in [0.1, 0.15) is 0 Å². The number of carbonyl (C=O) groups is 6. The number of carbonyl (C=O) groups excluding carboxylic acids is 6. The minimum absolute atomic E-state index is 0. The molecular formula is C48H65Cl3F4N6O6. The summed E-state index contributed by atoms with van der Waals surface area (Å²) in [5, 5.41) is 4.83. The van der Waals surface area contributed by atoms with Gasteiger partial charge >= 0.3 is 12.9 Å². The molecule has 2 heterocycles. The summed E-state index contributed by atoms with van der Waals surface area (Å²) in [4.78, 5) is 82.6. The molecule has 2 aromatic rings. The summed E-state index contributed by atoms with van der Waals surface area (Å²) in [7, 11) is 0. The van der Waals surface area contributed by atoms with Crippen LogP contribution in [0.2, 0.25) is 10.0 Å². The van der Waals surface area contributed by atoms with Gasteiger partial charge in [-0.3, -0.25) is 28.8 Å². The van der Waals surface area contributed by atoms with E-state index in [4.69, 9.17) is 23.2 Å². The number of halogens is 7. The van der Waals surface area contributed by atoms with Gasteiger partial charge < -0.3 is 30.2 Å². The van der Waals surface area contributed by atoms with Gasteiger partial charge in [-0.1, -0.05) is 61.7 Å². The molecule has 2 aliphatic heterocycles. The third-order valence-corrected chi connectivity index (χ3v) is 13.9. The number of hydrogen-bond acceptors (Lipinski definition) is 6. The van der Waals surface area contributed by atoms with Crippen LogP contribution in [-0.4, -0.2) is 108 Å². The Labute approximate surface area is 407 Å². The maximum atomic E-state index is 13.6. The fourth-order valence-electron chi connectivity index (χ4n) is 9.84. The number of hydrogen-bond donors (Lipinski definition) is 2. The molecule has 2 aromatic carbocycles. The van der Waals surface area contributed by atoms with Gasteiger partial charge in [-0.25, -0.2) is 0 Å². The summed E-state index contributed by atoms with van der Waals surface area (Å²) in [5.41, 5.74) is 1.24. The lowest BCUT2D eigenvalue weighted by molar-refractivity contribution is -0.132. The Morgan fingerprint density at radius 2 is 0.925 bits per heavy atom. The molecule has 19 heteroatoms. The predicted octanol–water partition coefficient (Wildman–Crippen LogP) is 9.48. The molecule has 2 aliphatic carbocycles. The normalized spacial score (nSPS) is 17.8. The standard InChI is InChI=1S/2C24H32ClF2N3O3.ClH/c2*1-14(2)30(15-8-6-5-7-9-15)22(32)16-12-19-17(13-18(16)25)24(3,4)23(33)29(19)11-10-28-21(31)20(26)27;/h2*12-15,20H,5-11H2,1-4H3,(H,28,31);1H. The molecule has 0 atom stereocenters. The smallest absolute Gasteiger partial charge is 0.315 e. The van der Waals surface area contributed by atoms with E-state index in [0.29, 0.717) is 33.6 Å². The number of alkyl halides is 4. The number of nitrogens with one attached hydrogen (secondary N) is 2. The largest absolute Gasteiger partial charge is 0.349 e. The summed E-state index contributed by atoms with van der Waals surface area (Å²) >= 11 is 13.2. The Balaban J connectivity index is 0.000000288. The van der Waals surface area contributed by atoms with Crippen molar-refractivity contribution in [2.45, 2.75) is 167 Å². The van der Waals surface area contributed by atoms with Crippen molar-refractivity contribution in [3.8, 4) is 0 Å². The fraction of sp³-hybridized carbons (Fsp3) is 0.625. The second kappa shape index (κ2) is 23.0. The second-order valence-corrected chi connectivity index (χ2v) is 20.1. The van der Waals surface area contributed by atoms with Crippen LogP contribution in [0.25, 0.3) is 0 Å². The Kier molecular flexibility index (Phi) is 19.0.